The van der Waals surface area contributed by atoms with Gasteiger partial charge in [-0.25, -0.2) is 9.97 Å². The largest absolute Gasteiger partial charge is 0.479 e. The second kappa shape index (κ2) is 7.07. The molecule has 4 aromatic rings. The molecule has 7 heteroatoms. The van der Waals surface area contributed by atoms with Crippen molar-refractivity contribution in [3.63, 3.8) is 0 Å². The van der Waals surface area contributed by atoms with Gasteiger partial charge in [-0.1, -0.05) is 47.7 Å². The van der Waals surface area contributed by atoms with Gasteiger partial charge in [0.25, 0.3) is 0 Å². The standard InChI is InChI=1S/C19H16N4O2S/c1-25-18-15-16(14(11-21-18)13-8-5-9-20-10-13)26-19(22-15)23-17(24)12-6-3-2-4-7-12/h2-11,17,24H,1H3,(H,22,23). The zero-order chi connectivity index (χ0) is 17.9. The number of thiazole rings is 1. The molecule has 3 aromatic heterocycles. The summed E-state index contributed by atoms with van der Waals surface area (Å²) in [4.78, 5) is 13.1. The van der Waals surface area contributed by atoms with Crippen LogP contribution in [0, 0.1) is 0 Å². The highest BCUT2D eigenvalue weighted by atomic mass is 32.1. The van der Waals surface area contributed by atoms with Crippen LogP contribution >= 0.6 is 11.3 Å². The fraction of sp³-hybridized carbons (Fsp3) is 0.105. The third-order valence-electron chi connectivity index (χ3n) is 3.93. The molecule has 2 N–H and O–H groups in total. The Morgan fingerprint density at radius 3 is 2.69 bits per heavy atom. The molecule has 0 radical (unpaired) electrons. The molecule has 0 spiro atoms. The van der Waals surface area contributed by atoms with Crippen molar-refractivity contribution in [1.29, 1.82) is 0 Å². The summed E-state index contributed by atoms with van der Waals surface area (Å²) in [6, 6.07) is 13.2. The molecular weight excluding hydrogens is 348 g/mol. The van der Waals surface area contributed by atoms with Gasteiger partial charge in [0.1, 0.15) is 5.52 Å². The van der Waals surface area contributed by atoms with E-state index in [4.69, 9.17) is 4.74 Å². The van der Waals surface area contributed by atoms with Crippen LogP contribution < -0.4 is 10.1 Å². The molecule has 3 heterocycles. The van der Waals surface area contributed by atoms with Crippen molar-refractivity contribution in [3.05, 3.63) is 66.6 Å². The van der Waals surface area contributed by atoms with Gasteiger partial charge in [-0.05, 0) is 6.07 Å². The SMILES string of the molecule is COc1ncc(-c2cccnc2)c2sc(NC(O)c3ccccc3)nc12. The molecule has 0 bridgehead atoms. The van der Waals surface area contributed by atoms with E-state index in [2.05, 4.69) is 20.3 Å². The van der Waals surface area contributed by atoms with Crippen molar-refractivity contribution in [2.45, 2.75) is 6.23 Å². The number of ether oxygens (including phenoxy) is 1. The molecule has 26 heavy (non-hydrogen) atoms. The first-order valence-corrected chi connectivity index (χ1v) is 8.81. The zero-order valence-corrected chi connectivity index (χ0v) is 14.8. The lowest BCUT2D eigenvalue weighted by Crippen LogP contribution is -2.08. The maximum atomic E-state index is 10.4. The Labute approximate surface area is 154 Å². The number of pyridine rings is 2. The van der Waals surface area contributed by atoms with E-state index in [1.807, 2.05) is 42.5 Å². The monoisotopic (exact) mass is 364 g/mol. The summed E-state index contributed by atoms with van der Waals surface area (Å²) in [6.45, 7) is 0. The molecular formula is C19H16N4O2S. The number of anilines is 1. The van der Waals surface area contributed by atoms with Crippen molar-refractivity contribution in [1.82, 2.24) is 15.0 Å². The van der Waals surface area contributed by atoms with E-state index in [1.165, 1.54) is 11.3 Å². The molecule has 1 unspecified atom stereocenters. The van der Waals surface area contributed by atoms with Crippen molar-refractivity contribution >= 4 is 26.7 Å². The van der Waals surface area contributed by atoms with Gasteiger partial charge in [-0.15, -0.1) is 0 Å². The lowest BCUT2D eigenvalue weighted by atomic mass is 10.1. The Bertz CT molecular complexity index is 1020. The lowest BCUT2D eigenvalue weighted by molar-refractivity contribution is 0.208. The summed E-state index contributed by atoms with van der Waals surface area (Å²) in [5, 5.41) is 14.0. The minimum atomic E-state index is -0.849. The summed E-state index contributed by atoms with van der Waals surface area (Å²) < 4.78 is 6.27. The van der Waals surface area contributed by atoms with E-state index < -0.39 is 6.23 Å². The van der Waals surface area contributed by atoms with Gasteiger partial charge < -0.3 is 15.2 Å². The number of benzene rings is 1. The normalized spacial score (nSPS) is 12.1. The van der Waals surface area contributed by atoms with Gasteiger partial charge in [-0.2, -0.15) is 0 Å². The van der Waals surface area contributed by atoms with Gasteiger partial charge in [0.05, 0.1) is 11.8 Å². The molecule has 0 fully saturated rings. The second-order valence-electron chi connectivity index (χ2n) is 5.58. The van der Waals surface area contributed by atoms with Crippen molar-refractivity contribution < 1.29 is 9.84 Å². The predicted octanol–water partition coefficient (Wildman–Crippen LogP) is 3.86. The van der Waals surface area contributed by atoms with Crippen LogP contribution in [0.2, 0.25) is 0 Å². The van der Waals surface area contributed by atoms with Crippen LogP contribution in [0.25, 0.3) is 21.3 Å². The van der Waals surface area contributed by atoms with Gasteiger partial charge >= 0.3 is 0 Å². The van der Waals surface area contributed by atoms with E-state index in [9.17, 15) is 5.11 Å². The Morgan fingerprint density at radius 1 is 1.12 bits per heavy atom. The Kier molecular flexibility index (Phi) is 4.47. The molecule has 0 aliphatic heterocycles. The third kappa shape index (κ3) is 3.10. The smallest absolute Gasteiger partial charge is 0.241 e. The average molecular weight is 364 g/mol. The van der Waals surface area contributed by atoms with E-state index in [0.29, 0.717) is 16.5 Å². The predicted molar refractivity (Wildman–Crippen MR) is 102 cm³/mol. The first-order valence-electron chi connectivity index (χ1n) is 7.99. The van der Waals surface area contributed by atoms with Gasteiger partial charge in [0.15, 0.2) is 11.4 Å². The number of aromatic nitrogens is 3. The summed E-state index contributed by atoms with van der Waals surface area (Å²) >= 11 is 1.44. The Balaban J connectivity index is 1.76. The van der Waals surface area contributed by atoms with Crippen LogP contribution in [0.5, 0.6) is 5.88 Å². The van der Waals surface area contributed by atoms with E-state index in [-0.39, 0.29) is 0 Å². The molecule has 0 aliphatic carbocycles. The minimum absolute atomic E-state index is 0.450. The van der Waals surface area contributed by atoms with Crippen molar-refractivity contribution in [3.8, 4) is 17.0 Å². The van der Waals surface area contributed by atoms with E-state index in [0.717, 1.165) is 21.4 Å². The number of rotatable bonds is 5. The van der Waals surface area contributed by atoms with Crippen LogP contribution in [-0.2, 0) is 0 Å². The van der Waals surface area contributed by atoms with Crippen LogP contribution in [0.4, 0.5) is 5.13 Å². The first kappa shape index (κ1) is 16.4. The number of fused-ring (bicyclic) bond motifs is 1. The van der Waals surface area contributed by atoms with Crippen molar-refractivity contribution in [2.75, 3.05) is 12.4 Å². The van der Waals surface area contributed by atoms with E-state index in [1.54, 1.807) is 25.7 Å². The fourth-order valence-electron chi connectivity index (χ4n) is 2.67. The summed E-state index contributed by atoms with van der Waals surface area (Å²) in [5.41, 5.74) is 3.30. The maximum absolute atomic E-state index is 10.4. The minimum Gasteiger partial charge on any atom is -0.479 e. The Morgan fingerprint density at radius 2 is 1.96 bits per heavy atom. The number of nitrogens with zero attached hydrogens (tertiary/aromatic N) is 3. The number of hydrogen-bond acceptors (Lipinski definition) is 7. The lowest BCUT2D eigenvalue weighted by Gasteiger charge is -2.11. The molecule has 0 aliphatic rings. The molecule has 130 valence electrons. The average Bonchev–Trinajstić information content (AvgIpc) is 3.12. The Hall–Kier alpha value is -3.03. The highest BCUT2D eigenvalue weighted by Crippen LogP contribution is 2.38. The second-order valence-corrected chi connectivity index (χ2v) is 6.58. The topological polar surface area (TPSA) is 80.2 Å². The number of aliphatic hydroxyl groups is 1. The first-order chi connectivity index (χ1) is 12.8. The number of hydrogen-bond donors (Lipinski definition) is 2. The van der Waals surface area contributed by atoms with Gasteiger partial charge in [-0.3, -0.25) is 4.98 Å². The number of aliphatic hydroxyl groups excluding tert-OH is 1. The fourth-order valence-corrected chi connectivity index (χ4v) is 3.68. The molecule has 6 nitrogen and oxygen atoms in total. The number of nitrogens with one attached hydrogen (secondary N) is 1. The van der Waals surface area contributed by atoms with E-state index >= 15 is 0 Å². The summed E-state index contributed by atoms with van der Waals surface area (Å²) in [5.74, 6) is 0.450. The summed E-state index contributed by atoms with van der Waals surface area (Å²) in [7, 11) is 1.57. The molecule has 1 atom stereocenters. The summed E-state index contributed by atoms with van der Waals surface area (Å²) in [6.07, 6.45) is 4.42. The highest BCUT2D eigenvalue weighted by Gasteiger charge is 2.17. The third-order valence-corrected chi connectivity index (χ3v) is 4.95. The molecule has 0 saturated carbocycles. The van der Waals surface area contributed by atoms with Crippen LogP contribution in [0.1, 0.15) is 11.8 Å². The van der Waals surface area contributed by atoms with Crippen LogP contribution in [0.15, 0.2) is 61.1 Å². The molecule has 1 aromatic carbocycles. The quantitative estimate of drug-likeness (QED) is 0.523. The highest BCUT2D eigenvalue weighted by molar-refractivity contribution is 7.22. The van der Waals surface area contributed by atoms with Gasteiger partial charge in [0.2, 0.25) is 5.88 Å². The maximum Gasteiger partial charge on any atom is 0.241 e. The molecule has 0 saturated heterocycles. The van der Waals surface area contributed by atoms with Crippen molar-refractivity contribution in [2.24, 2.45) is 0 Å². The van der Waals surface area contributed by atoms with Gasteiger partial charge in [0, 0.05) is 35.3 Å². The van der Waals surface area contributed by atoms with Crippen LogP contribution in [0.3, 0.4) is 0 Å². The van der Waals surface area contributed by atoms with Crippen LogP contribution in [-0.4, -0.2) is 27.2 Å². The molecule has 4 rings (SSSR count). The zero-order valence-electron chi connectivity index (χ0n) is 14.0. The number of methoxy groups -OCH3 is 1. The molecule has 0 amide bonds.